The Bertz CT molecular complexity index is 358. The maximum atomic E-state index is 6.13. The molecular formula is C13H17Cl. The summed E-state index contributed by atoms with van der Waals surface area (Å²) in [6, 6.07) is 4.28. The summed E-state index contributed by atoms with van der Waals surface area (Å²) < 4.78 is 0. The summed E-state index contributed by atoms with van der Waals surface area (Å²) in [5, 5.41) is 0.899. The van der Waals surface area contributed by atoms with Gasteiger partial charge in [-0.25, -0.2) is 0 Å². The van der Waals surface area contributed by atoms with Crippen LogP contribution >= 0.6 is 11.6 Å². The molecule has 1 aliphatic rings. The molecule has 0 fully saturated rings. The molecule has 0 atom stereocenters. The van der Waals surface area contributed by atoms with Gasteiger partial charge in [0.05, 0.1) is 0 Å². The van der Waals surface area contributed by atoms with E-state index in [1.807, 2.05) is 0 Å². The molecule has 0 radical (unpaired) electrons. The maximum Gasteiger partial charge on any atom is 0.0411 e. The Hall–Kier alpha value is -0.490. The Kier molecular flexibility index (Phi) is 2.35. The Morgan fingerprint density at radius 2 is 1.86 bits per heavy atom. The van der Waals surface area contributed by atoms with Crippen LogP contribution in [0.1, 0.15) is 43.9 Å². The number of hydrogen-bond acceptors (Lipinski definition) is 0. The topological polar surface area (TPSA) is 0 Å². The van der Waals surface area contributed by atoms with E-state index in [1.54, 1.807) is 5.56 Å². The molecule has 0 bridgehead atoms. The van der Waals surface area contributed by atoms with Gasteiger partial charge >= 0.3 is 0 Å². The van der Waals surface area contributed by atoms with Crippen LogP contribution in [-0.4, -0.2) is 0 Å². The second-order valence-corrected chi connectivity index (χ2v) is 5.63. The number of fused-ring (bicyclic) bond motifs is 1. The third-order valence-corrected chi connectivity index (χ3v) is 3.21. The molecule has 0 nitrogen and oxygen atoms in total. The zero-order chi connectivity index (χ0) is 10.3. The fraction of sp³-hybridized carbons (Fsp3) is 0.538. The summed E-state index contributed by atoms with van der Waals surface area (Å²) in [7, 11) is 0. The molecule has 2 rings (SSSR count). The van der Waals surface area contributed by atoms with Gasteiger partial charge in [-0.15, -0.1) is 0 Å². The molecule has 0 aromatic heterocycles. The first-order valence-electron chi connectivity index (χ1n) is 5.30. The molecule has 0 N–H and O–H groups in total. The largest absolute Gasteiger partial charge is 0.0843 e. The van der Waals surface area contributed by atoms with Crippen LogP contribution < -0.4 is 0 Å². The standard InChI is InChI=1S/C13H17Cl/c1-13(2,3)12-8-10(14)7-9-5-4-6-11(9)12/h7-8H,4-6H2,1-3H3. The predicted molar refractivity (Wildman–Crippen MR) is 62.2 cm³/mol. The van der Waals surface area contributed by atoms with E-state index in [1.165, 1.54) is 30.4 Å². The first-order chi connectivity index (χ1) is 6.48. The van der Waals surface area contributed by atoms with E-state index >= 15 is 0 Å². The van der Waals surface area contributed by atoms with Crippen molar-refractivity contribution in [3.05, 3.63) is 33.8 Å². The molecule has 1 aliphatic carbocycles. The Morgan fingerprint density at radius 3 is 2.50 bits per heavy atom. The molecule has 1 aromatic rings. The Morgan fingerprint density at radius 1 is 1.14 bits per heavy atom. The highest BCUT2D eigenvalue weighted by atomic mass is 35.5. The molecular weight excluding hydrogens is 192 g/mol. The van der Waals surface area contributed by atoms with Gasteiger partial charge in [0.2, 0.25) is 0 Å². The van der Waals surface area contributed by atoms with Gasteiger partial charge in [0.25, 0.3) is 0 Å². The lowest BCUT2D eigenvalue weighted by Crippen LogP contribution is -2.14. The van der Waals surface area contributed by atoms with E-state index in [4.69, 9.17) is 11.6 Å². The van der Waals surface area contributed by atoms with Crippen LogP contribution in [0.4, 0.5) is 0 Å². The van der Waals surface area contributed by atoms with Crippen molar-refractivity contribution in [1.29, 1.82) is 0 Å². The molecule has 0 amide bonds. The Labute approximate surface area is 91.3 Å². The van der Waals surface area contributed by atoms with Crippen molar-refractivity contribution in [3.63, 3.8) is 0 Å². The van der Waals surface area contributed by atoms with Crippen LogP contribution in [0, 0.1) is 0 Å². The zero-order valence-electron chi connectivity index (χ0n) is 9.15. The maximum absolute atomic E-state index is 6.13. The fourth-order valence-electron chi connectivity index (χ4n) is 2.34. The number of benzene rings is 1. The molecule has 0 spiro atoms. The van der Waals surface area contributed by atoms with Crippen LogP contribution in [0.5, 0.6) is 0 Å². The highest BCUT2D eigenvalue weighted by molar-refractivity contribution is 6.30. The highest BCUT2D eigenvalue weighted by Gasteiger charge is 2.23. The summed E-state index contributed by atoms with van der Waals surface area (Å²) in [6.07, 6.45) is 3.73. The average Bonchev–Trinajstić information content (AvgIpc) is 2.47. The van der Waals surface area contributed by atoms with Crippen LogP contribution in [0.2, 0.25) is 5.02 Å². The summed E-state index contributed by atoms with van der Waals surface area (Å²) in [4.78, 5) is 0. The summed E-state index contributed by atoms with van der Waals surface area (Å²) in [5.41, 5.74) is 4.70. The van der Waals surface area contributed by atoms with Crippen molar-refractivity contribution >= 4 is 11.6 Å². The fourth-order valence-corrected chi connectivity index (χ4v) is 2.58. The second kappa shape index (κ2) is 3.27. The molecule has 0 heterocycles. The van der Waals surface area contributed by atoms with Gasteiger partial charge in [-0.2, -0.15) is 0 Å². The monoisotopic (exact) mass is 208 g/mol. The summed E-state index contributed by atoms with van der Waals surface area (Å²) in [6.45, 7) is 6.78. The molecule has 1 heteroatoms. The van der Waals surface area contributed by atoms with Gasteiger partial charge in [-0.05, 0) is 53.5 Å². The molecule has 0 saturated heterocycles. The lowest BCUT2D eigenvalue weighted by Gasteiger charge is -2.23. The van der Waals surface area contributed by atoms with E-state index < -0.39 is 0 Å². The minimum Gasteiger partial charge on any atom is -0.0843 e. The van der Waals surface area contributed by atoms with Gasteiger partial charge in [-0.1, -0.05) is 32.4 Å². The third kappa shape index (κ3) is 1.68. The van der Waals surface area contributed by atoms with Gasteiger partial charge in [0, 0.05) is 5.02 Å². The number of hydrogen-bond donors (Lipinski definition) is 0. The Balaban J connectivity index is 2.60. The van der Waals surface area contributed by atoms with E-state index in [0.29, 0.717) is 0 Å². The lowest BCUT2D eigenvalue weighted by atomic mass is 9.82. The smallest absolute Gasteiger partial charge is 0.0411 e. The summed E-state index contributed by atoms with van der Waals surface area (Å²) >= 11 is 6.13. The van der Waals surface area contributed by atoms with Gasteiger partial charge in [0.1, 0.15) is 0 Å². The second-order valence-electron chi connectivity index (χ2n) is 5.19. The van der Waals surface area contributed by atoms with Crippen LogP contribution in [0.25, 0.3) is 0 Å². The van der Waals surface area contributed by atoms with Crippen molar-refractivity contribution in [1.82, 2.24) is 0 Å². The molecule has 0 aliphatic heterocycles. The van der Waals surface area contributed by atoms with Crippen molar-refractivity contribution in [2.75, 3.05) is 0 Å². The predicted octanol–water partition coefficient (Wildman–Crippen LogP) is 4.13. The first kappa shape index (κ1) is 10.0. The highest BCUT2D eigenvalue weighted by Crippen LogP contribution is 2.35. The van der Waals surface area contributed by atoms with E-state index in [9.17, 15) is 0 Å². The SMILES string of the molecule is CC(C)(C)c1cc(Cl)cc2c1CCC2. The molecule has 76 valence electrons. The van der Waals surface area contributed by atoms with Gasteiger partial charge < -0.3 is 0 Å². The third-order valence-electron chi connectivity index (χ3n) is 2.99. The van der Waals surface area contributed by atoms with E-state index in [-0.39, 0.29) is 5.41 Å². The van der Waals surface area contributed by atoms with Crippen LogP contribution in [-0.2, 0) is 18.3 Å². The van der Waals surface area contributed by atoms with E-state index in [2.05, 4.69) is 32.9 Å². The number of halogens is 1. The first-order valence-corrected chi connectivity index (χ1v) is 5.68. The van der Waals surface area contributed by atoms with Crippen LogP contribution in [0.15, 0.2) is 12.1 Å². The molecule has 0 saturated carbocycles. The van der Waals surface area contributed by atoms with Crippen molar-refractivity contribution in [2.45, 2.75) is 45.4 Å². The molecule has 14 heavy (non-hydrogen) atoms. The molecule has 1 aromatic carbocycles. The van der Waals surface area contributed by atoms with Crippen molar-refractivity contribution < 1.29 is 0 Å². The summed E-state index contributed by atoms with van der Waals surface area (Å²) in [5.74, 6) is 0. The van der Waals surface area contributed by atoms with E-state index in [0.717, 1.165) is 5.02 Å². The van der Waals surface area contributed by atoms with Crippen molar-refractivity contribution in [3.8, 4) is 0 Å². The lowest BCUT2D eigenvalue weighted by molar-refractivity contribution is 0.583. The van der Waals surface area contributed by atoms with Gasteiger partial charge in [0.15, 0.2) is 0 Å². The number of rotatable bonds is 0. The van der Waals surface area contributed by atoms with Gasteiger partial charge in [-0.3, -0.25) is 0 Å². The zero-order valence-corrected chi connectivity index (χ0v) is 9.91. The molecule has 0 unspecified atom stereocenters. The minimum absolute atomic E-state index is 0.222. The number of aryl methyl sites for hydroxylation is 1. The van der Waals surface area contributed by atoms with Crippen LogP contribution in [0.3, 0.4) is 0 Å². The average molecular weight is 209 g/mol. The quantitative estimate of drug-likeness (QED) is 0.602. The minimum atomic E-state index is 0.222. The normalized spacial score (nSPS) is 15.7. The van der Waals surface area contributed by atoms with Crippen molar-refractivity contribution in [2.24, 2.45) is 0 Å².